The summed E-state index contributed by atoms with van der Waals surface area (Å²) in [6.07, 6.45) is 10.1. The molecule has 0 fully saturated rings. The molecule has 2 rings (SSSR count). The normalized spacial score (nSPS) is 23.6. The highest BCUT2D eigenvalue weighted by atomic mass is 32.2. The van der Waals surface area contributed by atoms with Crippen LogP contribution >= 0.6 is 11.8 Å². The molecule has 96 valence electrons. The zero-order valence-electron chi connectivity index (χ0n) is 10.7. The van der Waals surface area contributed by atoms with Crippen molar-refractivity contribution < 1.29 is 4.79 Å². The van der Waals surface area contributed by atoms with Crippen molar-refractivity contribution in [3.63, 3.8) is 0 Å². The molecule has 1 nitrogen and oxygen atoms in total. The first-order valence-electron chi connectivity index (χ1n) is 6.73. The van der Waals surface area contributed by atoms with E-state index >= 15 is 0 Å². The van der Waals surface area contributed by atoms with Crippen molar-refractivity contribution in [2.24, 2.45) is 0 Å². The number of thioether (sulfide) groups is 1. The van der Waals surface area contributed by atoms with Crippen LogP contribution in [0, 0.1) is 0 Å². The fraction of sp³-hybridized carbons (Fsp3) is 0.438. The van der Waals surface area contributed by atoms with Gasteiger partial charge in [0.15, 0.2) is 0 Å². The monoisotopic (exact) mass is 260 g/mol. The first-order chi connectivity index (χ1) is 8.84. The second kappa shape index (κ2) is 7.42. The predicted molar refractivity (Wildman–Crippen MR) is 77.9 cm³/mol. The molecule has 18 heavy (non-hydrogen) atoms. The van der Waals surface area contributed by atoms with Gasteiger partial charge in [-0.25, -0.2) is 0 Å². The highest BCUT2D eigenvalue weighted by Gasteiger charge is 2.11. The summed E-state index contributed by atoms with van der Waals surface area (Å²) in [5, 5.41) is 0.650. The molecule has 1 aliphatic carbocycles. The fourth-order valence-electron chi connectivity index (χ4n) is 2.18. The van der Waals surface area contributed by atoms with E-state index in [-0.39, 0.29) is 0 Å². The van der Waals surface area contributed by atoms with Crippen molar-refractivity contribution in [1.82, 2.24) is 0 Å². The summed E-state index contributed by atoms with van der Waals surface area (Å²) in [6, 6.07) is 10.6. The van der Waals surface area contributed by atoms with Crippen LogP contribution in [0.15, 0.2) is 47.4 Å². The molecule has 0 radical (unpaired) electrons. The molecular weight excluding hydrogens is 240 g/mol. The third-order valence-electron chi connectivity index (χ3n) is 3.19. The van der Waals surface area contributed by atoms with Crippen molar-refractivity contribution in [2.75, 3.05) is 0 Å². The summed E-state index contributed by atoms with van der Waals surface area (Å²) >= 11 is 1.97. The Morgan fingerprint density at radius 1 is 1.06 bits per heavy atom. The number of hydrogen-bond acceptors (Lipinski definition) is 2. The zero-order valence-corrected chi connectivity index (χ0v) is 11.5. The second-order valence-electron chi connectivity index (χ2n) is 4.75. The summed E-state index contributed by atoms with van der Waals surface area (Å²) in [4.78, 5) is 12.8. The van der Waals surface area contributed by atoms with Crippen LogP contribution in [-0.4, -0.2) is 11.0 Å². The minimum Gasteiger partial charge on any atom is -0.299 e. The predicted octanol–water partition coefficient (Wildman–Crippen LogP) is 4.63. The van der Waals surface area contributed by atoms with E-state index in [1.54, 1.807) is 0 Å². The molecule has 0 spiro atoms. The van der Waals surface area contributed by atoms with Crippen molar-refractivity contribution >= 4 is 17.5 Å². The van der Waals surface area contributed by atoms with E-state index in [1.807, 2.05) is 17.8 Å². The van der Waals surface area contributed by atoms with Gasteiger partial charge in [0.25, 0.3) is 0 Å². The van der Waals surface area contributed by atoms with Crippen LogP contribution in [0.1, 0.15) is 38.5 Å². The van der Waals surface area contributed by atoms with Crippen molar-refractivity contribution in [3.05, 3.63) is 42.5 Å². The number of carbonyl (C=O) groups excluding carboxylic acids is 1. The third-order valence-corrected chi connectivity index (χ3v) is 4.49. The average Bonchev–Trinajstić information content (AvgIpc) is 2.40. The molecule has 0 saturated heterocycles. The maximum atomic E-state index is 11.4. The fourth-order valence-corrected chi connectivity index (χ4v) is 3.37. The lowest BCUT2D eigenvalue weighted by molar-refractivity contribution is -0.118. The van der Waals surface area contributed by atoms with Gasteiger partial charge in [0.1, 0.15) is 5.78 Å². The molecule has 0 N–H and O–H groups in total. The Morgan fingerprint density at radius 3 is 2.72 bits per heavy atom. The minimum atomic E-state index is 0.389. The van der Waals surface area contributed by atoms with Gasteiger partial charge >= 0.3 is 0 Å². The summed E-state index contributed by atoms with van der Waals surface area (Å²) in [5.74, 6) is 0.389. The average molecular weight is 260 g/mol. The van der Waals surface area contributed by atoms with Gasteiger partial charge in [-0.3, -0.25) is 4.79 Å². The Labute approximate surface area is 114 Å². The van der Waals surface area contributed by atoms with E-state index in [9.17, 15) is 4.79 Å². The second-order valence-corrected chi connectivity index (χ2v) is 6.12. The van der Waals surface area contributed by atoms with E-state index < -0.39 is 0 Å². The maximum absolute atomic E-state index is 11.4. The number of allylic oxidation sites excluding steroid dienone is 2. The van der Waals surface area contributed by atoms with Crippen LogP contribution in [0.3, 0.4) is 0 Å². The van der Waals surface area contributed by atoms with Crippen LogP contribution in [0.25, 0.3) is 0 Å². The molecule has 0 saturated carbocycles. The lowest BCUT2D eigenvalue weighted by atomic mass is 10.0. The molecule has 1 unspecified atom stereocenters. The van der Waals surface area contributed by atoms with E-state index in [1.165, 1.54) is 17.7 Å². The van der Waals surface area contributed by atoms with Gasteiger partial charge in [0.2, 0.25) is 0 Å². The number of carbonyl (C=O) groups is 1. The molecule has 0 bridgehead atoms. The highest BCUT2D eigenvalue weighted by Crippen LogP contribution is 2.29. The summed E-state index contributed by atoms with van der Waals surface area (Å²) in [7, 11) is 0. The maximum Gasteiger partial charge on any atom is 0.136 e. The first kappa shape index (κ1) is 13.4. The quantitative estimate of drug-likeness (QED) is 0.721. The van der Waals surface area contributed by atoms with Gasteiger partial charge in [0, 0.05) is 23.0 Å². The van der Waals surface area contributed by atoms with Crippen LogP contribution in [0.2, 0.25) is 0 Å². The Kier molecular flexibility index (Phi) is 5.53. The highest BCUT2D eigenvalue weighted by molar-refractivity contribution is 8.00. The van der Waals surface area contributed by atoms with E-state index in [0.717, 1.165) is 19.3 Å². The Morgan fingerprint density at radius 2 is 1.89 bits per heavy atom. The van der Waals surface area contributed by atoms with Crippen molar-refractivity contribution in [3.8, 4) is 0 Å². The molecule has 0 aromatic heterocycles. The Balaban J connectivity index is 1.92. The zero-order chi connectivity index (χ0) is 12.6. The van der Waals surface area contributed by atoms with E-state index in [4.69, 9.17) is 0 Å². The molecule has 1 aromatic carbocycles. The number of hydrogen-bond donors (Lipinski definition) is 0. The smallest absolute Gasteiger partial charge is 0.136 e. The largest absolute Gasteiger partial charge is 0.299 e. The minimum absolute atomic E-state index is 0.389. The third kappa shape index (κ3) is 4.69. The molecule has 1 atom stereocenters. The van der Waals surface area contributed by atoms with Gasteiger partial charge in [-0.1, -0.05) is 36.8 Å². The Hall–Kier alpha value is -1.02. The van der Waals surface area contributed by atoms with E-state index in [0.29, 0.717) is 17.5 Å². The molecule has 2 heteroatoms. The van der Waals surface area contributed by atoms with Gasteiger partial charge in [0.05, 0.1) is 0 Å². The molecule has 0 heterocycles. The molecule has 1 aliphatic rings. The number of ketones is 1. The van der Waals surface area contributed by atoms with Crippen LogP contribution in [0.4, 0.5) is 0 Å². The van der Waals surface area contributed by atoms with Crippen LogP contribution in [-0.2, 0) is 4.79 Å². The van der Waals surface area contributed by atoms with Crippen molar-refractivity contribution in [1.29, 1.82) is 0 Å². The lowest BCUT2D eigenvalue weighted by Crippen LogP contribution is -2.04. The van der Waals surface area contributed by atoms with Gasteiger partial charge in [-0.05, 0) is 31.4 Å². The van der Waals surface area contributed by atoms with Gasteiger partial charge < -0.3 is 0 Å². The number of rotatable bonds is 2. The van der Waals surface area contributed by atoms with Crippen LogP contribution < -0.4 is 0 Å². The van der Waals surface area contributed by atoms with Crippen LogP contribution in [0.5, 0.6) is 0 Å². The Bertz CT molecular complexity index is 397. The molecular formula is C16H20OS. The number of benzene rings is 1. The summed E-state index contributed by atoms with van der Waals surface area (Å²) in [5.41, 5.74) is 0. The number of Topliss-reactive ketones (excluding diaryl/α,β-unsaturated/α-hetero) is 1. The molecule has 0 amide bonds. The summed E-state index contributed by atoms with van der Waals surface area (Å²) < 4.78 is 0. The standard InChI is InChI=1S/C16H20OS/c17-14-8-4-6-12-16(13-7-5-9-14)18-15-10-2-1-3-11-15/h1-4,6,10-11,16H,5,7-9,12-13H2/b6-4-. The molecule has 0 aliphatic heterocycles. The van der Waals surface area contributed by atoms with Crippen molar-refractivity contribution in [2.45, 2.75) is 48.7 Å². The lowest BCUT2D eigenvalue weighted by Gasteiger charge is -2.15. The van der Waals surface area contributed by atoms with E-state index in [2.05, 4.69) is 36.4 Å². The topological polar surface area (TPSA) is 17.1 Å². The first-order valence-corrected chi connectivity index (χ1v) is 7.61. The SMILES string of the molecule is O=C1C/C=C\CC(Sc2ccccc2)CCCC1. The molecule has 1 aromatic rings. The van der Waals surface area contributed by atoms with Gasteiger partial charge in [-0.2, -0.15) is 0 Å². The summed E-state index contributed by atoms with van der Waals surface area (Å²) in [6.45, 7) is 0. The van der Waals surface area contributed by atoms with Gasteiger partial charge in [-0.15, -0.1) is 11.8 Å².